The number of hydrogen-bond donors (Lipinski definition) is 2. The maximum Gasteiger partial charge on any atom is 0.147 e. The van der Waals surface area contributed by atoms with E-state index in [9.17, 15) is 8.42 Å². The first-order chi connectivity index (χ1) is 5.67. The Kier molecular flexibility index (Phi) is 4.35. The van der Waals surface area contributed by atoms with Gasteiger partial charge < -0.3 is 0 Å². The Morgan fingerprint density at radius 3 is 2.08 bits per heavy atom. The molecule has 0 aliphatic heterocycles. The van der Waals surface area contributed by atoms with Gasteiger partial charge in [-0.3, -0.25) is 11.3 Å². The van der Waals surface area contributed by atoms with Crippen molar-refractivity contribution in [1.29, 1.82) is 0 Å². The van der Waals surface area contributed by atoms with Crippen molar-refractivity contribution < 1.29 is 8.42 Å². The second kappa shape index (κ2) is 4.39. The lowest BCUT2D eigenvalue weighted by atomic mass is 9.86. The van der Waals surface area contributed by atoms with E-state index in [1.165, 1.54) is 6.26 Å². The second-order valence-electron chi connectivity index (χ2n) is 4.50. The van der Waals surface area contributed by atoms with Gasteiger partial charge in [0, 0.05) is 12.3 Å². The van der Waals surface area contributed by atoms with Crippen LogP contribution in [0, 0.1) is 5.41 Å². The van der Waals surface area contributed by atoms with Crippen molar-refractivity contribution in [2.24, 2.45) is 11.3 Å². The van der Waals surface area contributed by atoms with E-state index >= 15 is 0 Å². The van der Waals surface area contributed by atoms with E-state index in [0.29, 0.717) is 6.42 Å². The molecule has 0 radical (unpaired) electrons. The minimum absolute atomic E-state index is 0.0144. The van der Waals surface area contributed by atoms with E-state index < -0.39 is 9.84 Å². The summed E-state index contributed by atoms with van der Waals surface area (Å²) in [5.41, 5.74) is 2.64. The van der Waals surface area contributed by atoms with Gasteiger partial charge in [0.15, 0.2) is 0 Å². The maximum absolute atomic E-state index is 10.9. The number of sulfone groups is 1. The molecule has 0 aromatic rings. The zero-order valence-electron chi connectivity index (χ0n) is 8.79. The van der Waals surface area contributed by atoms with Gasteiger partial charge >= 0.3 is 0 Å². The van der Waals surface area contributed by atoms with Crippen molar-refractivity contribution in [2.75, 3.05) is 12.0 Å². The highest BCUT2D eigenvalue weighted by molar-refractivity contribution is 7.90. The molecule has 13 heavy (non-hydrogen) atoms. The van der Waals surface area contributed by atoms with E-state index in [0.717, 1.165) is 0 Å². The van der Waals surface area contributed by atoms with Crippen LogP contribution in [0.5, 0.6) is 0 Å². The van der Waals surface area contributed by atoms with E-state index in [-0.39, 0.29) is 17.2 Å². The predicted octanol–water partition coefficient (Wildman–Crippen LogP) is 0.299. The smallest absolute Gasteiger partial charge is 0.147 e. The topological polar surface area (TPSA) is 72.2 Å². The maximum atomic E-state index is 10.9. The van der Waals surface area contributed by atoms with Crippen LogP contribution in [-0.2, 0) is 9.84 Å². The zero-order valence-corrected chi connectivity index (χ0v) is 9.61. The Labute approximate surface area is 80.8 Å². The van der Waals surface area contributed by atoms with Crippen LogP contribution in [0.15, 0.2) is 0 Å². The normalized spacial score (nSPS) is 15.8. The van der Waals surface area contributed by atoms with E-state index in [1.54, 1.807) is 0 Å². The Balaban J connectivity index is 4.17. The molecule has 0 saturated carbocycles. The fourth-order valence-electron chi connectivity index (χ4n) is 1.10. The van der Waals surface area contributed by atoms with Gasteiger partial charge in [0.05, 0.1) is 5.75 Å². The molecule has 0 bridgehead atoms. The molecular formula is C8H20N2O2S. The van der Waals surface area contributed by atoms with Gasteiger partial charge in [-0.15, -0.1) is 0 Å². The third-order valence-electron chi connectivity index (χ3n) is 2.02. The number of nitrogens with one attached hydrogen (secondary N) is 1. The van der Waals surface area contributed by atoms with Crippen LogP contribution >= 0.6 is 0 Å². The summed E-state index contributed by atoms with van der Waals surface area (Å²) in [6, 6.07) is 0.0298. The van der Waals surface area contributed by atoms with E-state index in [1.807, 2.05) is 20.8 Å². The first-order valence-corrected chi connectivity index (χ1v) is 6.37. The standard InChI is InChI=1S/C8H20N2O2S/c1-8(2,3)7(10-9)5-6-13(4,11)12/h7,10H,5-6,9H2,1-4H3. The SMILES string of the molecule is CC(C)(C)C(CCS(C)(=O)=O)NN. The van der Waals surface area contributed by atoms with Gasteiger partial charge in [0.1, 0.15) is 9.84 Å². The monoisotopic (exact) mass is 208 g/mol. The van der Waals surface area contributed by atoms with E-state index in [4.69, 9.17) is 5.84 Å². The summed E-state index contributed by atoms with van der Waals surface area (Å²) in [5.74, 6) is 5.52. The number of rotatable bonds is 4. The highest BCUT2D eigenvalue weighted by atomic mass is 32.2. The third kappa shape index (κ3) is 6.01. The molecule has 0 aliphatic rings. The van der Waals surface area contributed by atoms with Gasteiger partial charge in [0.25, 0.3) is 0 Å². The predicted molar refractivity (Wildman–Crippen MR) is 54.9 cm³/mol. The summed E-state index contributed by atoms with van der Waals surface area (Å²) in [6.07, 6.45) is 1.79. The van der Waals surface area contributed by atoms with Gasteiger partial charge in [-0.2, -0.15) is 0 Å². The first-order valence-electron chi connectivity index (χ1n) is 4.30. The van der Waals surface area contributed by atoms with Crippen molar-refractivity contribution in [3.05, 3.63) is 0 Å². The molecule has 4 nitrogen and oxygen atoms in total. The number of nitrogens with two attached hydrogens (primary N) is 1. The highest BCUT2D eigenvalue weighted by Gasteiger charge is 2.24. The summed E-state index contributed by atoms with van der Waals surface area (Å²) in [7, 11) is -2.89. The molecule has 0 aliphatic carbocycles. The molecule has 1 atom stereocenters. The Bertz CT molecular complexity index is 241. The fraction of sp³-hybridized carbons (Fsp3) is 1.00. The van der Waals surface area contributed by atoms with Crippen LogP contribution in [0.1, 0.15) is 27.2 Å². The fourth-order valence-corrected chi connectivity index (χ4v) is 1.76. The molecule has 0 heterocycles. The van der Waals surface area contributed by atoms with Crippen LogP contribution in [-0.4, -0.2) is 26.5 Å². The highest BCUT2D eigenvalue weighted by Crippen LogP contribution is 2.21. The van der Waals surface area contributed by atoms with Crippen LogP contribution in [0.3, 0.4) is 0 Å². The van der Waals surface area contributed by atoms with Gasteiger partial charge in [0.2, 0.25) is 0 Å². The lowest BCUT2D eigenvalue weighted by Crippen LogP contribution is -2.45. The van der Waals surface area contributed by atoms with Crippen LogP contribution < -0.4 is 11.3 Å². The van der Waals surface area contributed by atoms with Crippen LogP contribution in [0.25, 0.3) is 0 Å². The Morgan fingerprint density at radius 1 is 1.38 bits per heavy atom. The summed E-state index contributed by atoms with van der Waals surface area (Å²) in [5, 5.41) is 0. The number of hydrogen-bond acceptors (Lipinski definition) is 4. The van der Waals surface area contributed by atoms with Gasteiger partial charge in [-0.05, 0) is 11.8 Å². The average molecular weight is 208 g/mol. The van der Waals surface area contributed by atoms with Crippen molar-refractivity contribution >= 4 is 9.84 Å². The summed E-state index contributed by atoms with van der Waals surface area (Å²) < 4.78 is 21.8. The average Bonchev–Trinajstić information content (AvgIpc) is 1.82. The van der Waals surface area contributed by atoms with E-state index in [2.05, 4.69) is 5.43 Å². The number of hydrazine groups is 1. The van der Waals surface area contributed by atoms with Crippen molar-refractivity contribution in [3.63, 3.8) is 0 Å². The minimum Gasteiger partial charge on any atom is -0.271 e. The first kappa shape index (κ1) is 12.9. The summed E-state index contributed by atoms with van der Waals surface area (Å²) in [4.78, 5) is 0. The third-order valence-corrected chi connectivity index (χ3v) is 3.00. The lowest BCUT2D eigenvalue weighted by Gasteiger charge is -2.29. The molecule has 3 N–H and O–H groups in total. The summed E-state index contributed by atoms with van der Waals surface area (Å²) >= 11 is 0. The van der Waals surface area contributed by atoms with Gasteiger partial charge in [-0.1, -0.05) is 20.8 Å². The molecular weight excluding hydrogens is 188 g/mol. The molecule has 0 aromatic carbocycles. The molecule has 1 unspecified atom stereocenters. The lowest BCUT2D eigenvalue weighted by molar-refractivity contribution is 0.264. The molecule has 0 aromatic heterocycles. The minimum atomic E-state index is -2.89. The molecule has 0 amide bonds. The van der Waals surface area contributed by atoms with Crippen molar-refractivity contribution in [3.8, 4) is 0 Å². The van der Waals surface area contributed by atoms with Crippen molar-refractivity contribution in [2.45, 2.75) is 33.2 Å². The molecule has 0 saturated heterocycles. The van der Waals surface area contributed by atoms with Gasteiger partial charge in [-0.25, -0.2) is 8.42 Å². The molecule has 0 rings (SSSR count). The van der Waals surface area contributed by atoms with Crippen molar-refractivity contribution in [1.82, 2.24) is 5.43 Å². The Morgan fingerprint density at radius 2 is 1.85 bits per heavy atom. The summed E-state index contributed by atoms with van der Waals surface area (Å²) in [6.45, 7) is 6.08. The van der Waals surface area contributed by atoms with Crippen LogP contribution in [0.2, 0.25) is 0 Å². The second-order valence-corrected chi connectivity index (χ2v) is 6.76. The largest absolute Gasteiger partial charge is 0.271 e. The molecule has 80 valence electrons. The Hall–Kier alpha value is -0.130. The zero-order chi connectivity index (χ0) is 10.7. The molecule has 0 fully saturated rings. The quantitative estimate of drug-likeness (QED) is 0.515. The molecule has 5 heteroatoms. The van der Waals surface area contributed by atoms with Crippen LogP contribution in [0.4, 0.5) is 0 Å². The molecule has 0 spiro atoms.